The summed E-state index contributed by atoms with van der Waals surface area (Å²) in [6.45, 7) is 2.77. The molecule has 3 rings (SSSR count). The molecule has 7 heteroatoms. The minimum Gasteiger partial charge on any atom is -0.346 e. The van der Waals surface area contributed by atoms with E-state index in [0.29, 0.717) is 0 Å². The lowest BCUT2D eigenvalue weighted by molar-refractivity contribution is -0.134. The molecule has 0 aliphatic carbocycles. The Morgan fingerprint density at radius 2 is 2.17 bits per heavy atom. The maximum atomic E-state index is 12.6. The molecule has 1 saturated heterocycles. The van der Waals surface area contributed by atoms with Gasteiger partial charge in [0.15, 0.2) is 0 Å². The van der Waals surface area contributed by atoms with Gasteiger partial charge in [-0.05, 0) is 32.4 Å². The van der Waals surface area contributed by atoms with Crippen LogP contribution in [0.3, 0.4) is 0 Å². The van der Waals surface area contributed by atoms with Gasteiger partial charge >= 0.3 is 0 Å². The third-order valence-corrected chi connectivity index (χ3v) is 5.17. The van der Waals surface area contributed by atoms with Gasteiger partial charge in [-0.1, -0.05) is 0 Å². The Labute approximate surface area is 140 Å². The highest BCUT2D eigenvalue weighted by Gasteiger charge is 2.32. The van der Waals surface area contributed by atoms with Crippen LogP contribution in [-0.4, -0.2) is 48.8 Å². The summed E-state index contributed by atoms with van der Waals surface area (Å²) in [5, 5.41) is -0.0208. The molecule has 2 unspecified atom stereocenters. The molecule has 1 aliphatic heterocycles. The highest BCUT2D eigenvalue weighted by atomic mass is 32.2. The Bertz CT molecular complexity index is 660. The first-order valence-electron chi connectivity index (χ1n) is 7.84. The molecule has 2 aromatic heterocycles. The van der Waals surface area contributed by atoms with Crippen molar-refractivity contribution in [3.8, 4) is 11.3 Å². The van der Waals surface area contributed by atoms with Crippen LogP contribution in [-0.2, 0) is 4.79 Å². The zero-order valence-corrected chi connectivity index (χ0v) is 14.2. The van der Waals surface area contributed by atoms with E-state index in [0.717, 1.165) is 42.9 Å². The third kappa shape index (κ3) is 3.39. The first kappa shape index (κ1) is 16.0. The van der Waals surface area contributed by atoms with E-state index in [1.165, 1.54) is 6.33 Å². The lowest BCUT2D eigenvalue weighted by Gasteiger charge is -2.36. The minimum atomic E-state index is -0.0208. The predicted molar refractivity (Wildman–Crippen MR) is 90.9 cm³/mol. The maximum absolute atomic E-state index is 12.6. The van der Waals surface area contributed by atoms with E-state index < -0.39 is 0 Å². The Kier molecular flexibility index (Phi) is 4.95. The fraction of sp³-hybridized carbons (Fsp3) is 0.500. The van der Waals surface area contributed by atoms with Crippen molar-refractivity contribution in [3.05, 3.63) is 30.7 Å². The molecule has 1 amide bonds. The van der Waals surface area contributed by atoms with Crippen LogP contribution in [0.25, 0.3) is 11.3 Å². The lowest BCUT2D eigenvalue weighted by Crippen LogP contribution is -2.42. The van der Waals surface area contributed by atoms with Crippen LogP contribution in [0.5, 0.6) is 0 Å². The molecule has 2 aromatic rings. The van der Waals surface area contributed by atoms with Gasteiger partial charge in [0, 0.05) is 30.7 Å². The number of piperidine rings is 1. The van der Waals surface area contributed by atoms with Crippen molar-refractivity contribution >= 4 is 17.7 Å². The molecule has 0 spiro atoms. The molecule has 23 heavy (non-hydrogen) atoms. The Balaban J connectivity index is 1.84. The van der Waals surface area contributed by atoms with Crippen LogP contribution in [0.1, 0.15) is 38.1 Å². The molecule has 1 aliphatic rings. The number of amides is 1. The number of nitrogens with zero attached hydrogens (tertiary/aromatic N) is 4. The zero-order valence-electron chi connectivity index (χ0n) is 13.4. The summed E-state index contributed by atoms with van der Waals surface area (Å²) < 4.78 is 0. The molecule has 3 heterocycles. The number of aromatic nitrogens is 4. The number of aromatic amines is 1. The van der Waals surface area contributed by atoms with Crippen LogP contribution in [0.2, 0.25) is 0 Å². The fourth-order valence-electron chi connectivity index (χ4n) is 2.90. The molecule has 1 N–H and O–H groups in total. The van der Waals surface area contributed by atoms with Crippen LogP contribution in [0.4, 0.5) is 0 Å². The second-order valence-electron chi connectivity index (χ2n) is 5.72. The van der Waals surface area contributed by atoms with Gasteiger partial charge in [0.05, 0.1) is 17.0 Å². The average Bonchev–Trinajstić information content (AvgIpc) is 3.11. The summed E-state index contributed by atoms with van der Waals surface area (Å²) in [5.74, 6) is 1.05. The van der Waals surface area contributed by atoms with E-state index in [2.05, 4.69) is 19.9 Å². The van der Waals surface area contributed by atoms with Gasteiger partial charge < -0.3 is 9.88 Å². The number of carbonyl (C=O) groups excluding carboxylic acids is 1. The lowest BCUT2D eigenvalue weighted by atomic mass is 10.0. The summed E-state index contributed by atoms with van der Waals surface area (Å²) in [5.41, 5.74) is 1.69. The second-order valence-corrected chi connectivity index (χ2v) is 6.90. The van der Waals surface area contributed by atoms with Crippen molar-refractivity contribution in [2.45, 2.75) is 37.5 Å². The Morgan fingerprint density at radius 3 is 2.91 bits per heavy atom. The molecule has 2 atom stereocenters. The molecule has 0 bridgehead atoms. The zero-order chi connectivity index (χ0) is 16.2. The number of thioether (sulfide) groups is 1. The molecule has 0 aromatic carbocycles. The first-order valence-corrected chi connectivity index (χ1v) is 9.13. The topological polar surface area (TPSA) is 74.8 Å². The average molecular weight is 331 g/mol. The number of imidazole rings is 1. The van der Waals surface area contributed by atoms with Crippen molar-refractivity contribution in [1.82, 2.24) is 24.8 Å². The SMILES string of the molecule is CSC(C)C(=O)N1CCCCC1c1nc(-c2cncnc2)c[nH]1. The normalized spacial score (nSPS) is 19.6. The van der Waals surface area contributed by atoms with E-state index >= 15 is 0 Å². The highest BCUT2D eigenvalue weighted by Crippen LogP contribution is 2.31. The molecule has 122 valence electrons. The summed E-state index contributed by atoms with van der Waals surface area (Å²) in [6, 6.07) is 0.0317. The third-order valence-electron chi connectivity index (χ3n) is 4.26. The van der Waals surface area contributed by atoms with E-state index in [1.54, 1.807) is 24.2 Å². The Hall–Kier alpha value is -1.89. The number of rotatable bonds is 4. The highest BCUT2D eigenvalue weighted by molar-refractivity contribution is 7.99. The van der Waals surface area contributed by atoms with Gasteiger partial charge in [-0.2, -0.15) is 11.8 Å². The summed E-state index contributed by atoms with van der Waals surface area (Å²) >= 11 is 1.59. The van der Waals surface area contributed by atoms with E-state index in [9.17, 15) is 4.79 Å². The first-order chi connectivity index (χ1) is 11.2. The molecule has 1 fully saturated rings. The minimum absolute atomic E-state index is 0.0208. The van der Waals surface area contributed by atoms with Crippen LogP contribution in [0, 0.1) is 0 Å². The van der Waals surface area contributed by atoms with Crippen molar-refractivity contribution in [2.75, 3.05) is 12.8 Å². The number of carbonyl (C=O) groups is 1. The van der Waals surface area contributed by atoms with Gasteiger partial charge in [0.1, 0.15) is 12.2 Å². The van der Waals surface area contributed by atoms with E-state index in [-0.39, 0.29) is 17.2 Å². The number of nitrogens with one attached hydrogen (secondary N) is 1. The fourth-order valence-corrected chi connectivity index (χ4v) is 3.24. The van der Waals surface area contributed by atoms with E-state index in [4.69, 9.17) is 0 Å². The van der Waals surface area contributed by atoms with Crippen molar-refractivity contribution in [1.29, 1.82) is 0 Å². The molecular formula is C16H21N5OS. The maximum Gasteiger partial charge on any atom is 0.236 e. The standard InChI is InChI=1S/C16H21N5OS/c1-11(23-2)16(22)21-6-4-3-5-14(21)15-19-9-13(20-15)12-7-17-10-18-8-12/h7-11,14H,3-6H2,1-2H3,(H,19,20). The largest absolute Gasteiger partial charge is 0.346 e. The molecule has 0 saturated carbocycles. The summed E-state index contributed by atoms with van der Waals surface area (Å²) in [4.78, 5) is 30.6. The van der Waals surface area contributed by atoms with Gasteiger partial charge in [-0.25, -0.2) is 15.0 Å². The monoisotopic (exact) mass is 331 g/mol. The summed E-state index contributed by atoms with van der Waals surface area (Å²) in [7, 11) is 0. The Morgan fingerprint density at radius 1 is 1.39 bits per heavy atom. The van der Waals surface area contributed by atoms with Gasteiger partial charge in [-0.15, -0.1) is 0 Å². The van der Waals surface area contributed by atoms with Crippen molar-refractivity contribution < 1.29 is 4.79 Å². The smallest absolute Gasteiger partial charge is 0.236 e. The predicted octanol–water partition coefficient (Wildman–Crippen LogP) is 2.67. The number of hydrogen-bond acceptors (Lipinski definition) is 5. The van der Waals surface area contributed by atoms with Crippen molar-refractivity contribution in [2.24, 2.45) is 0 Å². The number of hydrogen-bond donors (Lipinski definition) is 1. The number of H-pyrrole nitrogens is 1. The quantitative estimate of drug-likeness (QED) is 0.932. The van der Waals surface area contributed by atoms with Gasteiger partial charge in [0.25, 0.3) is 0 Å². The van der Waals surface area contributed by atoms with Crippen LogP contribution < -0.4 is 0 Å². The second kappa shape index (κ2) is 7.12. The van der Waals surface area contributed by atoms with Crippen LogP contribution in [0.15, 0.2) is 24.9 Å². The van der Waals surface area contributed by atoms with Gasteiger partial charge in [-0.3, -0.25) is 4.79 Å². The van der Waals surface area contributed by atoms with E-state index in [1.807, 2.05) is 24.3 Å². The molecular weight excluding hydrogens is 310 g/mol. The number of likely N-dealkylation sites (tertiary alicyclic amines) is 1. The summed E-state index contributed by atoms with van der Waals surface area (Å²) in [6.07, 6.45) is 12.0. The van der Waals surface area contributed by atoms with Crippen molar-refractivity contribution in [3.63, 3.8) is 0 Å². The van der Waals surface area contributed by atoms with Crippen LogP contribution >= 0.6 is 11.8 Å². The molecule has 0 radical (unpaired) electrons. The van der Waals surface area contributed by atoms with Gasteiger partial charge in [0.2, 0.25) is 5.91 Å². The molecule has 6 nitrogen and oxygen atoms in total.